The van der Waals surface area contributed by atoms with Crippen molar-refractivity contribution in [2.75, 3.05) is 0 Å². The normalized spacial score (nSPS) is 9.33. The Kier molecular flexibility index (Phi) is 3.92. The fourth-order valence-electron chi connectivity index (χ4n) is 0.604. The summed E-state index contributed by atoms with van der Waals surface area (Å²) in [5, 5.41) is 0. The molecule has 0 radical (unpaired) electrons. The van der Waals surface area contributed by atoms with Crippen molar-refractivity contribution in [2.24, 2.45) is 0 Å². The smallest absolute Gasteiger partial charge is 0.120 e. The minimum absolute atomic E-state index is 0.817. The molecule has 0 amide bonds. The summed E-state index contributed by atoms with van der Waals surface area (Å²) in [6.45, 7) is 0. The quantitative estimate of drug-likeness (QED) is 0.396. The van der Waals surface area contributed by atoms with E-state index in [1.54, 1.807) is 0 Å². The van der Waals surface area contributed by atoms with Gasteiger partial charge in [0.2, 0.25) is 0 Å². The molecule has 0 bridgehead atoms. The molecule has 0 aromatic heterocycles. The maximum atomic E-state index is 6.54. The van der Waals surface area contributed by atoms with E-state index in [0.29, 0.717) is 0 Å². The lowest BCUT2D eigenvalue weighted by Gasteiger charge is -1.90. The second kappa shape index (κ2) is 7.12. The topological polar surface area (TPSA) is 0 Å². The van der Waals surface area contributed by atoms with Gasteiger partial charge in [0.15, 0.2) is 0 Å². The van der Waals surface area contributed by atoms with Gasteiger partial charge in [-0.2, -0.15) is 0 Å². The Bertz CT molecular complexity index is 165. The SMILES string of the molecule is [2H]C#CCCCCCC#C[2H]. The Morgan fingerprint density at radius 2 is 1.56 bits per heavy atom. The summed E-state index contributed by atoms with van der Waals surface area (Å²) in [6.07, 6.45) is 9.05. The number of hydrogen-bond acceptors (Lipinski definition) is 0. The molecule has 9 heavy (non-hydrogen) atoms. The minimum Gasteiger partial charge on any atom is -0.120 e. The van der Waals surface area contributed by atoms with Crippen LogP contribution in [-0.2, 0) is 0 Å². The molecule has 0 aliphatic carbocycles. The Hall–Kier alpha value is -0.880. The minimum atomic E-state index is 0.817. The van der Waals surface area contributed by atoms with Gasteiger partial charge in [0.05, 0.1) is 0 Å². The molecular formula is C9H12. The van der Waals surface area contributed by atoms with Crippen LogP contribution < -0.4 is 0 Å². The number of hydrogen-bond donors (Lipinski definition) is 0. The molecule has 0 saturated heterocycles. The van der Waals surface area contributed by atoms with E-state index in [2.05, 4.69) is 24.6 Å². The van der Waals surface area contributed by atoms with Crippen molar-refractivity contribution in [3.05, 3.63) is 0 Å². The van der Waals surface area contributed by atoms with E-state index < -0.39 is 0 Å². The van der Waals surface area contributed by atoms with Gasteiger partial charge in [0.25, 0.3) is 0 Å². The fraction of sp³-hybridized carbons (Fsp3) is 0.556. The second-order valence-electron chi connectivity index (χ2n) is 1.91. The van der Waals surface area contributed by atoms with Crippen LogP contribution in [0, 0.1) is 24.6 Å². The summed E-state index contributed by atoms with van der Waals surface area (Å²) in [7, 11) is 0. The molecule has 0 heteroatoms. The highest BCUT2D eigenvalue weighted by Gasteiger charge is 1.83. The molecule has 48 valence electrons. The molecule has 0 fully saturated rings. The van der Waals surface area contributed by atoms with Crippen molar-refractivity contribution < 1.29 is 2.74 Å². The Morgan fingerprint density at radius 3 is 2.00 bits per heavy atom. The van der Waals surface area contributed by atoms with Crippen molar-refractivity contribution in [3.63, 3.8) is 0 Å². The second-order valence-corrected chi connectivity index (χ2v) is 1.91. The van der Waals surface area contributed by atoms with Crippen molar-refractivity contribution in [1.82, 2.24) is 0 Å². The third-order valence-electron chi connectivity index (χ3n) is 1.10. The van der Waals surface area contributed by atoms with E-state index in [1.807, 2.05) is 0 Å². The first-order valence-corrected chi connectivity index (χ1v) is 3.21. The predicted octanol–water partition coefficient (Wildman–Crippen LogP) is 2.20. The molecule has 0 heterocycles. The van der Waals surface area contributed by atoms with E-state index in [9.17, 15) is 0 Å². The Morgan fingerprint density at radius 1 is 1.00 bits per heavy atom. The van der Waals surface area contributed by atoms with Crippen LogP contribution in [-0.4, -0.2) is 0 Å². The molecule has 0 aliphatic rings. The molecule has 0 rings (SSSR count). The highest BCUT2D eigenvalue weighted by molar-refractivity contribution is 4.85. The first-order valence-electron chi connectivity index (χ1n) is 4.21. The first-order chi connectivity index (χ1) is 5.41. The van der Waals surface area contributed by atoms with E-state index in [1.165, 1.54) is 0 Å². The molecule has 0 spiro atoms. The van der Waals surface area contributed by atoms with Gasteiger partial charge >= 0.3 is 0 Å². The molecule has 0 aliphatic heterocycles. The molecule has 0 saturated carbocycles. The van der Waals surface area contributed by atoms with Gasteiger partial charge in [-0.1, -0.05) is 6.42 Å². The van der Waals surface area contributed by atoms with E-state index in [4.69, 9.17) is 2.74 Å². The first kappa shape index (κ1) is 4.95. The number of unbranched alkanes of at least 4 members (excludes halogenated alkanes) is 4. The van der Waals surface area contributed by atoms with Gasteiger partial charge < -0.3 is 0 Å². The van der Waals surface area contributed by atoms with Gasteiger partial charge in [0.1, 0.15) is 2.74 Å². The lowest BCUT2D eigenvalue weighted by Crippen LogP contribution is -1.73. The highest BCUT2D eigenvalue weighted by Crippen LogP contribution is 2.00. The zero-order chi connectivity index (χ0) is 8.36. The summed E-state index contributed by atoms with van der Waals surface area (Å²) < 4.78 is 13.1. The van der Waals surface area contributed by atoms with Gasteiger partial charge in [-0.3, -0.25) is 0 Å². The predicted molar refractivity (Wildman–Crippen MR) is 40.8 cm³/mol. The summed E-state index contributed by atoms with van der Waals surface area (Å²) in [4.78, 5) is 0. The van der Waals surface area contributed by atoms with Crippen molar-refractivity contribution in [1.29, 1.82) is 0 Å². The molecule has 0 unspecified atom stereocenters. The monoisotopic (exact) mass is 122 g/mol. The third-order valence-corrected chi connectivity index (χ3v) is 1.10. The molecule has 0 N–H and O–H groups in total. The van der Waals surface area contributed by atoms with Crippen LogP contribution in [0.4, 0.5) is 0 Å². The van der Waals surface area contributed by atoms with Gasteiger partial charge in [-0.15, -0.1) is 24.6 Å². The van der Waals surface area contributed by atoms with Gasteiger partial charge in [-0.05, 0) is 12.8 Å². The molecular weight excluding hydrogens is 108 g/mol. The average Bonchev–Trinajstić information content (AvgIpc) is 2.03. The standard InChI is InChI=1S/C9H12/c1-3-5-7-9-8-6-4-2/h1-2H,5-9H2/i1D,2D. The highest BCUT2D eigenvalue weighted by atomic mass is 13.9. The van der Waals surface area contributed by atoms with Crippen LogP contribution >= 0.6 is 0 Å². The lowest BCUT2D eigenvalue weighted by atomic mass is 10.1. The zero-order valence-electron chi connectivity index (χ0n) is 7.54. The summed E-state index contributed by atoms with van der Waals surface area (Å²) >= 11 is 0. The van der Waals surface area contributed by atoms with Crippen molar-refractivity contribution in [2.45, 2.75) is 32.1 Å². The van der Waals surface area contributed by atoms with Crippen LogP contribution in [0.15, 0.2) is 0 Å². The van der Waals surface area contributed by atoms with Crippen LogP contribution in [0.2, 0.25) is 0 Å². The maximum absolute atomic E-state index is 6.54. The molecule has 0 aromatic carbocycles. The average molecular weight is 122 g/mol. The van der Waals surface area contributed by atoms with E-state index >= 15 is 0 Å². The summed E-state index contributed by atoms with van der Waals surface area (Å²) in [5.74, 6) is 5.37. The van der Waals surface area contributed by atoms with Crippen LogP contribution in [0.5, 0.6) is 0 Å². The van der Waals surface area contributed by atoms with Crippen molar-refractivity contribution in [3.8, 4) is 24.6 Å². The molecule has 0 aromatic rings. The maximum Gasteiger partial charge on any atom is 0.124 e. The largest absolute Gasteiger partial charge is 0.124 e. The molecule has 0 nitrogen and oxygen atoms in total. The summed E-state index contributed by atoms with van der Waals surface area (Å²) in [6, 6.07) is 0. The van der Waals surface area contributed by atoms with Crippen LogP contribution in [0.25, 0.3) is 0 Å². The van der Waals surface area contributed by atoms with E-state index in [-0.39, 0.29) is 0 Å². The number of terminal acetylenes is 2. The van der Waals surface area contributed by atoms with Crippen LogP contribution in [0.1, 0.15) is 34.8 Å². The lowest BCUT2D eigenvalue weighted by molar-refractivity contribution is 0.709. The molecule has 0 atom stereocenters. The fourth-order valence-corrected chi connectivity index (χ4v) is 0.604. The Balaban J connectivity index is 2.98. The third kappa shape index (κ3) is 7.12. The summed E-state index contributed by atoms with van der Waals surface area (Å²) in [5.41, 5.74) is 0. The van der Waals surface area contributed by atoms with Crippen LogP contribution in [0.3, 0.4) is 0 Å². The van der Waals surface area contributed by atoms with Gasteiger partial charge in [0, 0.05) is 12.8 Å². The van der Waals surface area contributed by atoms with E-state index in [0.717, 1.165) is 32.1 Å². The number of rotatable bonds is 4. The van der Waals surface area contributed by atoms with Crippen molar-refractivity contribution >= 4 is 0 Å². The van der Waals surface area contributed by atoms with Gasteiger partial charge in [-0.25, -0.2) is 0 Å². The zero-order valence-corrected chi connectivity index (χ0v) is 5.54. The Labute approximate surface area is 60.5 Å².